The Bertz CT molecular complexity index is 303. The van der Waals surface area contributed by atoms with Crippen LogP contribution in [0.3, 0.4) is 0 Å². The molecule has 22 heavy (non-hydrogen) atoms. The molecule has 0 atom stereocenters. The zero-order chi connectivity index (χ0) is 17.4. The van der Waals surface area contributed by atoms with Crippen molar-refractivity contribution in [3.05, 3.63) is 0 Å². The lowest BCUT2D eigenvalue weighted by Gasteiger charge is -2.45. The van der Waals surface area contributed by atoms with E-state index < -0.39 is 0 Å². The van der Waals surface area contributed by atoms with E-state index in [0.29, 0.717) is 32.8 Å². The molecule has 0 aromatic rings. The fourth-order valence-corrected chi connectivity index (χ4v) is 2.54. The summed E-state index contributed by atoms with van der Waals surface area (Å²) in [6.45, 7) is 16.3. The molecule has 0 aliphatic heterocycles. The van der Waals surface area contributed by atoms with E-state index in [1.54, 1.807) is 0 Å². The number of nitrogens with zero attached hydrogens (tertiary/aromatic N) is 2. The molecule has 0 unspecified atom stereocenters. The molecule has 0 spiro atoms. The topological polar surface area (TPSA) is 42.0 Å². The molecule has 0 fully saturated rings. The molecule has 5 nitrogen and oxygen atoms in total. The van der Waals surface area contributed by atoms with Crippen LogP contribution in [0.1, 0.15) is 48.0 Å². The molecule has 5 heteroatoms. The average Bonchev–Trinajstić information content (AvgIpc) is 2.31. The monoisotopic (exact) mass is 316 g/mol. The van der Waals surface area contributed by atoms with E-state index in [4.69, 9.17) is 9.47 Å². The third kappa shape index (κ3) is 10.1. The predicted octanol–water partition coefficient (Wildman–Crippen LogP) is 2.40. The van der Waals surface area contributed by atoms with Crippen molar-refractivity contribution in [3.63, 3.8) is 0 Å². The number of rotatable bonds is 9. The highest BCUT2D eigenvalue weighted by molar-refractivity contribution is 5.69. The smallest absolute Gasteiger partial charge is 0.307 e. The summed E-state index contributed by atoms with van der Waals surface area (Å²) >= 11 is 0. The Morgan fingerprint density at radius 3 is 1.86 bits per heavy atom. The van der Waals surface area contributed by atoms with Crippen molar-refractivity contribution in [2.45, 2.75) is 59.0 Å². The first-order valence-electron chi connectivity index (χ1n) is 8.10. The van der Waals surface area contributed by atoms with E-state index in [-0.39, 0.29) is 17.0 Å². The molecule has 0 aliphatic carbocycles. The van der Waals surface area contributed by atoms with E-state index in [1.165, 1.54) is 0 Å². The van der Waals surface area contributed by atoms with Crippen molar-refractivity contribution in [2.24, 2.45) is 0 Å². The van der Waals surface area contributed by atoms with Crippen LogP contribution in [-0.4, -0.2) is 73.9 Å². The molecule has 0 amide bonds. The number of ether oxygens (including phenoxy) is 2. The van der Waals surface area contributed by atoms with Crippen molar-refractivity contribution >= 4 is 5.97 Å². The van der Waals surface area contributed by atoms with Crippen molar-refractivity contribution in [1.29, 1.82) is 0 Å². The third-order valence-electron chi connectivity index (χ3n) is 3.33. The molecule has 132 valence electrons. The summed E-state index contributed by atoms with van der Waals surface area (Å²) in [7, 11) is 3.87. The standard InChI is InChI=1S/C17H36N2O3/c1-16(2,3)19(17(4,5)6)11-12-21-13-14-22-15(20)9-10-18(7)8/h9-14H2,1-8H3. The summed E-state index contributed by atoms with van der Waals surface area (Å²) in [6.07, 6.45) is 0.425. The van der Waals surface area contributed by atoms with Gasteiger partial charge in [-0.1, -0.05) is 0 Å². The number of hydrogen-bond acceptors (Lipinski definition) is 5. The minimum absolute atomic E-state index is 0.0975. The lowest BCUT2D eigenvalue weighted by Crippen LogP contribution is -2.53. The number of esters is 1. The van der Waals surface area contributed by atoms with Crippen molar-refractivity contribution in [1.82, 2.24) is 9.80 Å². The molecular formula is C17H36N2O3. The van der Waals surface area contributed by atoms with Crippen LogP contribution in [0, 0.1) is 0 Å². The first kappa shape index (κ1) is 21.4. The molecule has 0 aromatic carbocycles. The minimum Gasteiger partial charge on any atom is -0.463 e. The Labute approximate surface area is 136 Å². The highest BCUT2D eigenvalue weighted by Crippen LogP contribution is 2.23. The SMILES string of the molecule is CN(C)CCC(=O)OCCOCCN(C(C)(C)C)C(C)(C)C. The zero-order valence-electron chi connectivity index (χ0n) is 15.9. The largest absolute Gasteiger partial charge is 0.463 e. The lowest BCUT2D eigenvalue weighted by molar-refractivity contribution is -0.145. The van der Waals surface area contributed by atoms with Crippen LogP contribution < -0.4 is 0 Å². The van der Waals surface area contributed by atoms with E-state index in [9.17, 15) is 4.79 Å². The van der Waals surface area contributed by atoms with Gasteiger partial charge in [0.05, 0.1) is 19.6 Å². The van der Waals surface area contributed by atoms with Gasteiger partial charge >= 0.3 is 5.97 Å². The van der Waals surface area contributed by atoms with Gasteiger partial charge in [0.2, 0.25) is 0 Å². The van der Waals surface area contributed by atoms with Gasteiger partial charge in [0, 0.05) is 24.2 Å². The molecule has 0 aliphatic rings. The second-order valence-electron chi connectivity index (χ2n) is 7.88. The molecule has 0 radical (unpaired) electrons. The number of hydrogen-bond donors (Lipinski definition) is 0. The van der Waals surface area contributed by atoms with Crippen molar-refractivity contribution < 1.29 is 14.3 Å². The zero-order valence-corrected chi connectivity index (χ0v) is 15.9. The minimum atomic E-state index is -0.164. The average molecular weight is 316 g/mol. The Kier molecular flexibility index (Phi) is 9.20. The van der Waals surface area contributed by atoms with E-state index in [2.05, 4.69) is 46.4 Å². The Hall–Kier alpha value is -0.650. The number of carbonyl (C=O) groups is 1. The molecule has 0 N–H and O–H groups in total. The van der Waals surface area contributed by atoms with Crippen LogP contribution in [0.4, 0.5) is 0 Å². The second-order valence-corrected chi connectivity index (χ2v) is 7.88. The van der Waals surface area contributed by atoms with Crippen LogP contribution in [0.15, 0.2) is 0 Å². The van der Waals surface area contributed by atoms with E-state index in [1.807, 2.05) is 19.0 Å². The molecule has 0 heterocycles. The highest BCUT2D eigenvalue weighted by atomic mass is 16.6. The predicted molar refractivity (Wildman–Crippen MR) is 91.2 cm³/mol. The van der Waals surface area contributed by atoms with Gasteiger partial charge in [0.1, 0.15) is 6.61 Å². The van der Waals surface area contributed by atoms with Crippen LogP contribution in [0.5, 0.6) is 0 Å². The third-order valence-corrected chi connectivity index (χ3v) is 3.33. The van der Waals surface area contributed by atoms with Crippen molar-refractivity contribution in [3.8, 4) is 0 Å². The van der Waals surface area contributed by atoms with Gasteiger partial charge in [0.15, 0.2) is 0 Å². The highest BCUT2D eigenvalue weighted by Gasteiger charge is 2.30. The van der Waals surface area contributed by atoms with Crippen LogP contribution in [-0.2, 0) is 14.3 Å². The van der Waals surface area contributed by atoms with Gasteiger partial charge in [-0.25, -0.2) is 0 Å². The van der Waals surface area contributed by atoms with E-state index in [0.717, 1.165) is 6.54 Å². The first-order chi connectivity index (χ1) is 9.94. The van der Waals surface area contributed by atoms with Crippen LogP contribution in [0.2, 0.25) is 0 Å². The van der Waals surface area contributed by atoms with Gasteiger partial charge in [-0.2, -0.15) is 0 Å². The lowest BCUT2D eigenvalue weighted by atomic mass is 9.96. The quantitative estimate of drug-likeness (QED) is 0.483. The maximum Gasteiger partial charge on any atom is 0.307 e. The van der Waals surface area contributed by atoms with Crippen LogP contribution >= 0.6 is 0 Å². The summed E-state index contributed by atoms with van der Waals surface area (Å²) in [5, 5.41) is 0. The van der Waals surface area contributed by atoms with Gasteiger partial charge in [-0.3, -0.25) is 9.69 Å². The summed E-state index contributed by atoms with van der Waals surface area (Å²) in [6, 6.07) is 0. The first-order valence-corrected chi connectivity index (χ1v) is 8.10. The summed E-state index contributed by atoms with van der Waals surface area (Å²) in [5.74, 6) is -0.164. The molecule has 0 saturated carbocycles. The summed E-state index contributed by atoms with van der Waals surface area (Å²) in [5.41, 5.74) is 0.195. The Balaban J connectivity index is 3.86. The van der Waals surface area contributed by atoms with Gasteiger partial charge in [0.25, 0.3) is 0 Å². The Morgan fingerprint density at radius 2 is 1.41 bits per heavy atom. The van der Waals surface area contributed by atoms with Crippen LogP contribution in [0.25, 0.3) is 0 Å². The number of carbonyl (C=O) groups excluding carboxylic acids is 1. The Morgan fingerprint density at radius 1 is 0.864 bits per heavy atom. The van der Waals surface area contributed by atoms with Crippen molar-refractivity contribution in [2.75, 3.05) is 47.0 Å². The molecule has 0 saturated heterocycles. The molecule has 0 aromatic heterocycles. The van der Waals surface area contributed by atoms with Gasteiger partial charge in [-0.05, 0) is 55.6 Å². The molecule has 0 bridgehead atoms. The fourth-order valence-electron chi connectivity index (χ4n) is 2.54. The summed E-state index contributed by atoms with van der Waals surface area (Å²) in [4.78, 5) is 15.8. The fraction of sp³-hybridized carbons (Fsp3) is 0.941. The van der Waals surface area contributed by atoms with Gasteiger partial charge < -0.3 is 14.4 Å². The normalized spacial score (nSPS) is 13.0. The molecular weight excluding hydrogens is 280 g/mol. The maximum atomic E-state index is 11.4. The summed E-state index contributed by atoms with van der Waals surface area (Å²) < 4.78 is 10.7. The second kappa shape index (κ2) is 9.48. The molecule has 0 rings (SSSR count). The maximum absolute atomic E-state index is 11.4. The van der Waals surface area contributed by atoms with Gasteiger partial charge in [-0.15, -0.1) is 0 Å². The van der Waals surface area contributed by atoms with E-state index >= 15 is 0 Å².